The van der Waals surface area contributed by atoms with E-state index >= 15 is 0 Å². The van der Waals surface area contributed by atoms with Crippen LogP contribution in [0.1, 0.15) is 18.7 Å². The topological polar surface area (TPSA) is 42.7 Å². The molecule has 0 unspecified atom stereocenters. The van der Waals surface area contributed by atoms with Crippen molar-refractivity contribution in [3.8, 4) is 10.7 Å². The first-order valence-corrected chi connectivity index (χ1v) is 6.15. The smallest absolute Gasteiger partial charge is 0.141 e. The second kappa shape index (κ2) is 4.76. The van der Waals surface area contributed by atoms with E-state index in [1.807, 2.05) is 24.0 Å². The molecule has 2 aromatic rings. The Labute approximate surface area is 99.3 Å². The summed E-state index contributed by atoms with van der Waals surface area (Å²) in [5.41, 5.74) is 1.07. The molecule has 0 aliphatic rings. The molecule has 0 saturated carbocycles. The van der Waals surface area contributed by atoms with Gasteiger partial charge in [-0.2, -0.15) is 5.10 Å². The average molecular weight is 236 g/mol. The van der Waals surface area contributed by atoms with Crippen molar-refractivity contribution in [2.24, 2.45) is 7.05 Å². The van der Waals surface area contributed by atoms with Gasteiger partial charge in [0.15, 0.2) is 0 Å². The summed E-state index contributed by atoms with van der Waals surface area (Å²) in [6.07, 6.45) is 3.73. The number of rotatable bonds is 4. The van der Waals surface area contributed by atoms with Crippen molar-refractivity contribution in [2.75, 3.05) is 0 Å². The normalized spacial score (nSPS) is 11.2. The molecule has 86 valence electrons. The van der Waals surface area contributed by atoms with Crippen LogP contribution in [0.4, 0.5) is 0 Å². The highest BCUT2D eigenvalue weighted by molar-refractivity contribution is 7.15. The summed E-state index contributed by atoms with van der Waals surface area (Å²) in [7, 11) is 1.93. The predicted molar refractivity (Wildman–Crippen MR) is 66.3 cm³/mol. The number of aromatic nitrogens is 3. The van der Waals surface area contributed by atoms with E-state index in [-0.39, 0.29) is 0 Å². The van der Waals surface area contributed by atoms with Crippen molar-refractivity contribution in [1.82, 2.24) is 20.1 Å². The van der Waals surface area contributed by atoms with E-state index in [1.165, 1.54) is 4.88 Å². The Bertz CT molecular complexity index is 458. The molecule has 0 aliphatic carbocycles. The van der Waals surface area contributed by atoms with E-state index in [2.05, 4.69) is 29.2 Å². The summed E-state index contributed by atoms with van der Waals surface area (Å²) in [6, 6.07) is 2.49. The lowest BCUT2D eigenvalue weighted by Crippen LogP contribution is -2.21. The van der Waals surface area contributed by atoms with Gasteiger partial charge >= 0.3 is 0 Å². The molecule has 5 heteroatoms. The van der Waals surface area contributed by atoms with Crippen LogP contribution in [0.3, 0.4) is 0 Å². The minimum Gasteiger partial charge on any atom is -0.310 e. The Hall–Kier alpha value is -1.20. The average Bonchev–Trinajstić information content (AvgIpc) is 2.83. The van der Waals surface area contributed by atoms with E-state index in [0.29, 0.717) is 6.04 Å². The lowest BCUT2D eigenvalue weighted by molar-refractivity contribution is 0.593. The molecule has 0 fully saturated rings. The van der Waals surface area contributed by atoms with Crippen LogP contribution in [0.5, 0.6) is 0 Å². The molecule has 0 atom stereocenters. The molecule has 0 bridgehead atoms. The van der Waals surface area contributed by atoms with E-state index in [0.717, 1.165) is 17.2 Å². The van der Waals surface area contributed by atoms with Crippen LogP contribution in [0, 0.1) is 0 Å². The molecule has 0 amide bonds. The zero-order chi connectivity index (χ0) is 11.5. The summed E-state index contributed by atoms with van der Waals surface area (Å²) < 4.78 is 1.85. The molecular weight excluding hydrogens is 220 g/mol. The van der Waals surface area contributed by atoms with Crippen LogP contribution in [0.15, 0.2) is 18.5 Å². The van der Waals surface area contributed by atoms with Crippen LogP contribution in [-0.4, -0.2) is 20.8 Å². The third-order valence-electron chi connectivity index (χ3n) is 2.28. The van der Waals surface area contributed by atoms with Crippen LogP contribution >= 0.6 is 11.3 Å². The molecule has 1 N–H and O–H groups in total. The second-order valence-corrected chi connectivity index (χ2v) is 5.12. The monoisotopic (exact) mass is 236 g/mol. The van der Waals surface area contributed by atoms with E-state index in [9.17, 15) is 0 Å². The Morgan fingerprint density at radius 2 is 2.31 bits per heavy atom. The standard InChI is InChI=1S/C11H16N4S/c1-8(2)12-6-9-7-13-11(16-9)10-4-5-14-15(10)3/h4-5,7-8,12H,6H2,1-3H3. The predicted octanol–water partition coefficient (Wildman–Crippen LogP) is 2.04. The van der Waals surface area contributed by atoms with Gasteiger partial charge in [-0.15, -0.1) is 11.3 Å². The maximum Gasteiger partial charge on any atom is 0.141 e. The lowest BCUT2D eigenvalue weighted by Gasteiger charge is -2.04. The van der Waals surface area contributed by atoms with E-state index < -0.39 is 0 Å². The number of nitrogens with zero attached hydrogens (tertiary/aromatic N) is 3. The van der Waals surface area contributed by atoms with Gasteiger partial charge in [0.2, 0.25) is 0 Å². The zero-order valence-corrected chi connectivity index (χ0v) is 10.6. The third-order valence-corrected chi connectivity index (χ3v) is 3.30. The first kappa shape index (κ1) is 11.3. The number of thiazole rings is 1. The van der Waals surface area contributed by atoms with Crippen molar-refractivity contribution >= 4 is 11.3 Å². The largest absolute Gasteiger partial charge is 0.310 e. The van der Waals surface area contributed by atoms with Crippen LogP contribution in [0.25, 0.3) is 10.7 Å². The minimum absolute atomic E-state index is 0.502. The SMILES string of the molecule is CC(C)NCc1cnc(-c2ccnn2C)s1. The first-order valence-electron chi connectivity index (χ1n) is 5.33. The maximum atomic E-state index is 4.42. The van der Waals surface area contributed by atoms with Gasteiger partial charge in [0.05, 0.1) is 5.69 Å². The van der Waals surface area contributed by atoms with Crippen molar-refractivity contribution in [3.63, 3.8) is 0 Å². The highest BCUT2D eigenvalue weighted by Crippen LogP contribution is 2.24. The first-order chi connectivity index (χ1) is 7.66. The number of hydrogen-bond donors (Lipinski definition) is 1. The highest BCUT2D eigenvalue weighted by atomic mass is 32.1. The Balaban J connectivity index is 2.11. The molecule has 0 aromatic carbocycles. The van der Waals surface area contributed by atoms with Crippen molar-refractivity contribution in [1.29, 1.82) is 0 Å². The van der Waals surface area contributed by atoms with Crippen LogP contribution in [0.2, 0.25) is 0 Å². The fraction of sp³-hybridized carbons (Fsp3) is 0.455. The summed E-state index contributed by atoms with van der Waals surface area (Å²) in [4.78, 5) is 5.67. The van der Waals surface area contributed by atoms with Gasteiger partial charge in [-0.25, -0.2) is 4.98 Å². The highest BCUT2D eigenvalue weighted by Gasteiger charge is 2.07. The van der Waals surface area contributed by atoms with Gasteiger partial charge in [-0.05, 0) is 6.07 Å². The molecule has 16 heavy (non-hydrogen) atoms. The van der Waals surface area contributed by atoms with Gasteiger partial charge in [-0.3, -0.25) is 4.68 Å². The third kappa shape index (κ3) is 2.48. The zero-order valence-electron chi connectivity index (χ0n) is 9.77. The van der Waals surface area contributed by atoms with Gasteiger partial charge in [0, 0.05) is 36.9 Å². The van der Waals surface area contributed by atoms with Gasteiger partial charge < -0.3 is 5.32 Å². The second-order valence-electron chi connectivity index (χ2n) is 4.01. The number of nitrogens with one attached hydrogen (secondary N) is 1. The quantitative estimate of drug-likeness (QED) is 0.883. The molecule has 2 rings (SSSR count). The van der Waals surface area contributed by atoms with Crippen molar-refractivity contribution in [3.05, 3.63) is 23.3 Å². The van der Waals surface area contributed by atoms with Crippen molar-refractivity contribution < 1.29 is 0 Å². The summed E-state index contributed by atoms with van der Waals surface area (Å²) in [6.45, 7) is 5.17. The molecule has 0 radical (unpaired) electrons. The lowest BCUT2D eigenvalue weighted by atomic mass is 10.4. The van der Waals surface area contributed by atoms with Crippen LogP contribution < -0.4 is 5.32 Å². The Morgan fingerprint density at radius 1 is 1.50 bits per heavy atom. The van der Waals surface area contributed by atoms with E-state index in [1.54, 1.807) is 17.5 Å². The Morgan fingerprint density at radius 3 is 2.94 bits per heavy atom. The maximum absolute atomic E-state index is 4.42. The summed E-state index contributed by atoms with van der Waals surface area (Å²) in [5.74, 6) is 0. The fourth-order valence-corrected chi connectivity index (χ4v) is 2.32. The molecule has 0 aliphatic heterocycles. The molecule has 0 spiro atoms. The summed E-state index contributed by atoms with van der Waals surface area (Å²) >= 11 is 1.71. The molecule has 0 saturated heterocycles. The van der Waals surface area contributed by atoms with Crippen LogP contribution in [-0.2, 0) is 13.6 Å². The minimum atomic E-state index is 0.502. The summed E-state index contributed by atoms with van der Waals surface area (Å²) in [5, 5.41) is 8.56. The van der Waals surface area contributed by atoms with E-state index in [4.69, 9.17) is 0 Å². The fourth-order valence-electron chi connectivity index (χ4n) is 1.40. The van der Waals surface area contributed by atoms with Crippen molar-refractivity contribution in [2.45, 2.75) is 26.4 Å². The molecule has 4 nitrogen and oxygen atoms in total. The molecule has 2 heterocycles. The number of aryl methyl sites for hydroxylation is 1. The molecular formula is C11H16N4S. The number of hydrogen-bond acceptors (Lipinski definition) is 4. The Kier molecular flexibility index (Phi) is 3.36. The van der Waals surface area contributed by atoms with Gasteiger partial charge in [-0.1, -0.05) is 13.8 Å². The van der Waals surface area contributed by atoms with Gasteiger partial charge in [0.1, 0.15) is 5.01 Å². The molecule has 2 aromatic heterocycles. The van der Waals surface area contributed by atoms with Gasteiger partial charge in [0.25, 0.3) is 0 Å².